The van der Waals surface area contributed by atoms with Gasteiger partial charge in [-0.1, -0.05) is 17.3 Å². The molecule has 1 N–H and O–H groups in total. The lowest BCUT2D eigenvalue weighted by Gasteiger charge is -2.08. The molecule has 3 aromatic rings. The maximum Gasteiger partial charge on any atom is 0.416 e. The number of rotatable bonds is 5. The molecule has 0 aliphatic heterocycles. The molecule has 146 valence electrons. The third-order valence-corrected chi connectivity index (χ3v) is 3.83. The van der Waals surface area contributed by atoms with Crippen molar-refractivity contribution in [1.82, 2.24) is 15.1 Å². The molecule has 2 heterocycles. The molecule has 0 aliphatic carbocycles. The van der Waals surface area contributed by atoms with Gasteiger partial charge in [-0.3, -0.25) is 4.79 Å². The maximum absolute atomic E-state index is 12.8. The molecule has 2 aromatic heterocycles. The summed E-state index contributed by atoms with van der Waals surface area (Å²) in [5.41, 5.74) is -0.346. The van der Waals surface area contributed by atoms with Crippen LogP contribution in [0.2, 0.25) is 0 Å². The van der Waals surface area contributed by atoms with Crippen molar-refractivity contribution in [1.29, 1.82) is 0 Å². The lowest BCUT2D eigenvalue weighted by molar-refractivity contribution is -0.137. The van der Waals surface area contributed by atoms with Crippen LogP contribution in [0.3, 0.4) is 0 Å². The monoisotopic (exact) mass is 393 g/mol. The number of nitrogens with zero attached hydrogens (tertiary/aromatic N) is 2. The zero-order chi connectivity index (χ0) is 20.5. The number of ether oxygens (including phenoxy) is 1. The van der Waals surface area contributed by atoms with Gasteiger partial charge < -0.3 is 14.2 Å². The van der Waals surface area contributed by atoms with Gasteiger partial charge in [0.2, 0.25) is 5.82 Å². The zero-order valence-corrected chi connectivity index (χ0v) is 14.7. The SMILES string of the molecule is CC(=O)c1c[nH]c(C(=O)OC(C)c2nc(-c3cccc(C(F)(F)F)c3)no2)c1. The molecule has 0 aliphatic rings. The standard InChI is InChI=1S/C18H14F3N3O4/c1-9(25)12-7-14(22-8-12)17(26)27-10(2)16-23-15(24-28-16)11-4-3-5-13(6-11)18(19,20)21/h3-8,10,22H,1-2H3. The van der Waals surface area contributed by atoms with Gasteiger partial charge in [-0.15, -0.1) is 0 Å². The van der Waals surface area contributed by atoms with E-state index in [2.05, 4.69) is 15.1 Å². The summed E-state index contributed by atoms with van der Waals surface area (Å²) >= 11 is 0. The Morgan fingerprint density at radius 3 is 2.64 bits per heavy atom. The van der Waals surface area contributed by atoms with E-state index in [-0.39, 0.29) is 28.8 Å². The van der Waals surface area contributed by atoms with Gasteiger partial charge in [0.15, 0.2) is 11.9 Å². The minimum absolute atomic E-state index is 0.0645. The van der Waals surface area contributed by atoms with E-state index in [1.54, 1.807) is 0 Å². The molecule has 1 unspecified atom stereocenters. The maximum atomic E-state index is 12.8. The molecule has 7 nitrogen and oxygen atoms in total. The molecule has 1 aromatic carbocycles. The summed E-state index contributed by atoms with van der Waals surface area (Å²) in [6.07, 6.45) is -4.08. The van der Waals surface area contributed by atoms with Gasteiger partial charge in [0.25, 0.3) is 5.89 Å². The van der Waals surface area contributed by atoms with Gasteiger partial charge in [-0.05, 0) is 32.0 Å². The summed E-state index contributed by atoms with van der Waals surface area (Å²) in [7, 11) is 0. The first-order valence-corrected chi connectivity index (χ1v) is 8.06. The van der Waals surface area contributed by atoms with Crippen molar-refractivity contribution in [2.24, 2.45) is 0 Å². The number of carbonyl (C=O) groups is 2. The minimum atomic E-state index is -4.50. The van der Waals surface area contributed by atoms with Crippen molar-refractivity contribution in [3.63, 3.8) is 0 Å². The highest BCUT2D eigenvalue weighted by atomic mass is 19.4. The van der Waals surface area contributed by atoms with Crippen molar-refractivity contribution < 1.29 is 32.0 Å². The Balaban J connectivity index is 1.74. The van der Waals surface area contributed by atoms with Crippen LogP contribution in [0.25, 0.3) is 11.4 Å². The number of halogens is 3. The van der Waals surface area contributed by atoms with Crippen LogP contribution in [0.5, 0.6) is 0 Å². The zero-order valence-electron chi connectivity index (χ0n) is 14.7. The number of carbonyl (C=O) groups excluding carboxylic acids is 2. The van der Waals surface area contributed by atoms with Gasteiger partial charge in [-0.25, -0.2) is 4.79 Å². The molecular formula is C18H14F3N3O4. The number of aromatic nitrogens is 3. The number of ketones is 1. The normalized spacial score (nSPS) is 12.6. The van der Waals surface area contributed by atoms with Crippen molar-refractivity contribution in [3.05, 3.63) is 59.2 Å². The molecule has 0 amide bonds. The molecule has 10 heteroatoms. The van der Waals surface area contributed by atoms with E-state index in [0.717, 1.165) is 12.1 Å². The van der Waals surface area contributed by atoms with Crippen molar-refractivity contribution in [3.8, 4) is 11.4 Å². The number of Topliss-reactive ketones (excluding diaryl/α,β-unsaturated/α-hetero) is 1. The van der Waals surface area contributed by atoms with Crippen LogP contribution >= 0.6 is 0 Å². The number of alkyl halides is 3. The number of esters is 1. The Kier molecular flexibility index (Phi) is 5.04. The van der Waals surface area contributed by atoms with E-state index in [4.69, 9.17) is 9.26 Å². The molecule has 0 bridgehead atoms. The van der Waals surface area contributed by atoms with Crippen LogP contribution in [0.1, 0.15) is 52.3 Å². The third-order valence-electron chi connectivity index (χ3n) is 3.83. The minimum Gasteiger partial charge on any atom is -0.448 e. The fourth-order valence-corrected chi connectivity index (χ4v) is 2.34. The van der Waals surface area contributed by atoms with E-state index >= 15 is 0 Å². The Morgan fingerprint density at radius 1 is 1.25 bits per heavy atom. The molecule has 3 rings (SSSR count). The summed E-state index contributed by atoms with van der Waals surface area (Å²) in [6.45, 7) is 2.82. The highest BCUT2D eigenvalue weighted by molar-refractivity contribution is 5.97. The number of nitrogens with one attached hydrogen (secondary N) is 1. The number of benzene rings is 1. The number of H-pyrrole nitrogens is 1. The highest BCUT2D eigenvalue weighted by Crippen LogP contribution is 2.31. The van der Waals surface area contributed by atoms with Crippen LogP contribution in [0.4, 0.5) is 13.2 Å². The van der Waals surface area contributed by atoms with Gasteiger partial charge in [-0.2, -0.15) is 18.2 Å². The van der Waals surface area contributed by atoms with Crippen molar-refractivity contribution in [2.45, 2.75) is 26.1 Å². The summed E-state index contributed by atoms with van der Waals surface area (Å²) in [5.74, 6) is -1.12. The predicted molar refractivity (Wildman–Crippen MR) is 89.4 cm³/mol. The topological polar surface area (TPSA) is 98.1 Å². The van der Waals surface area contributed by atoms with E-state index in [1.165, 1.54) is 38.2 Å². The number of hydrogen-bond donors (Lipinski definition) is 1. The smallest absolute Gasteiger partial charge is 0.416 e. The van der Waals surface area contributed by atoms with E-state index in [9.17, 15) is 22.8 Å². The molecule has 28 heavy (non-hydrogen) atoms. The average Bonchev–Trinajstić information content (AvgIpc) is 3.31. The molecule has 0 saturated carbocycles. The summed E-state index contributed by atoms with van der Waals surface area (Å²) in [5, 5.41) is 3.64. The van der Waals surface area contributed by atoms with Gasteiger partial charge in [0.05, 0.1) is 5.56 Å². The summed E-state index contributed by atoms with van der Waals surface area (Å²) < 4.78 is 48.7. The van der Waals surface area contributed by atoms with E-state index in [1.807, 2.05) is 0 Å². The van der Waals surface area contributed by atoms with E-state index in [0.29, 0.717) is 5.56 Å². The number of hydrogen-bond acceptors (Lipinski definition) is 6. The second-order valence-electron chi connectivity index (χ2n) is 5.94. The van der Waals surface area contributed by atoms with Gasteiger partial charge in [0.1, 0.15) is 5.69 Å². The van der Waals surface area contributed by atoms with Crippen LogP contribution in [-0.2, 0) is 10.9 Å². The van der Waals surface area contributed by atoms with Crippen LogP contribution in [0, 0.1) is 0 Å². The first-order valence-electron chi connectivity index (χ1n) is 8.06. The highest BCUT2D eigenvalue weighted by Gasteiger charge is 2.31. The van der Waals surface area contributed by atoms with Crippen LogP contribution in [0.15, 0.2) is 41.1 Å². The van der Waals surface area contributed by atoms with Crippen LogP contribution in [-0.4, -0.2) is 26.9 Å². The fraction of sp³-hybridized carbons (Fsp3) is 0.222. The summed E-state index contributed by atoms with van der Waals surface area (Å²) in [6, 6.07) is 5.81. The van der Waals surface area contributed by atoms with Crippen molar-refractivity contribution in [2.75, 3.05) is 0 Å². The van der Waals surface area contributed by atoms with E-state index < -0.39 is 23.8 Å². The lowest BCUT2D eigenvalue weighted by atomic mass is 10.1. The Labute approximate surface area is 156 Å². The van der Waals surface area contributed by atoms with Gasteiger partial charge in [0, 0.05) is 17.3 Å². The van der Waals surface area contributed by atoms with Crippen molar-refractivity contribution >= 4 is 11.8 Å². The summed E-state index contributed by atoms with van der Waals surface area (Å²) in [4.78, 5) is 30.0. The number of aromatic amines is 1. The Bertz CT molecular complexity index is 1020. The quantitative estimate of drug-likeness (QED) is 0.515. The lowest BCUT2D eigenvalue weighted by Crippen LogP contribution is -2.10. The largest absolute Gasteiger partial charge is 0.448 e. The molecule has 1 atom stereocenters. The first-order chi connectivity index (χ1) is 13.1. The Hall–Kier alpha value is -3.43. The van der Waals surface area contributed by atoms with Crippen LogP contribution < -0.4 is 0 Å². The Morgan fingerprint density at radius 2 is 2.00 bits per heavy atom. The molecule has 0 spiro atoms. The third kappa shape index (κ3) is 4.11. The predicted octanol–water partition coefficient (Wildman–Crippen LogP) is 4.20. The first kappa shape index (κ1) is 19.3. The average molecular weight is 393 g/mol. The molecule has 0 fully saturated rings. The molecule has 0 saturated heterocycles. The van der Waals surface area contributed by atoms with Gasteiger partial charge >= 0.3 is 12.1 Å². The second kappa shape index (κ2) is 7.29. The fourth-order valence-electron chi connectivity index (χ4n) is 2.34. The second-order valence-corrected chi connectivity index (χ2v) is 5.94. The molecular weight excluding hydrogens is 379 g/mol. The molecule has 0 radical (unpaired) electrons.